The molecule has 36 heavy (non-hydrogen) atoms. The summed E-state index contributed by atoms with van der Waals surface area (Å²) < 4.78 is 38.7. The third-order valence-corrected chi connectivity index (χ3v) is 5.62. The number of alkyl halides is 3. The van der Waals surface area contributed by atoms with Crippen LogP contribution in [0.25, 0.3) is 33.2 Å². The maximum Gasteiger partial charge on any atom is 0.416 e. The van der Waals surface area contributed by atoms with Crippen molar-refractivity contribution < 1.29 is 18.0 Å². The second-order valence-electron chi connectivity index (χ2n) is 8.00. The van der Waals surface area contributed by atoms with Gasteiger partial charge in [-0.25, -0.2) is 4.79 Å². The molecular formula is C26H19F3N6O. The van der Waals surface area contributed by atoms with Crippen molar-refractivity contribution >= 4 is 34.1 Å². The van der Waals surface area contributed by atoms with Gasteiger partial charge in [0.05, 0.1) is 16.5 Å². The maximum atomic E-state index is 12.9. The Kier molecular flexibility index (Phi) is 5.77. The number of H-pyrrole nitrogens is 1. The van der Waals surface area contributed by atoms with E-state index in [-0.39, 0.29) is 5.69 Å². The molecular weight excluding hydrogens is 469 g/mol. The number of amides is 2. The third kappa shape index (κ3) is 4.56. The number of nitrogens with two attached hydrogens (primary N) is 1. The van der Waals surface area contributed by atoms with E-state index < -0.39 is 17.8 Å². The Morgan fingerprint density at radius 3 is 2.33 bits per heavy atom. The minimum absolute atomic E-state index is 0.0328. The molecule has 0 aliphatic heterocycles. The molecule has 0 aliphatic rings. The summed E-state index contributed by atoms with van der Waals surface area (Å²) in [5.41, 5.74) is 10.1. The van der Waals surface area contributed by atoms with Crippen LogP contribution in [0.1, 0.15) is 5.56 Å². The standard InChI is InChI=1S/C26H19F3N6O/c27-26(28,29)17-4-1-5-19(13-17)33-25(36)32-18-8-6-15(7-9-18)20-10-11-21(16-3-2-12-31-14-16)23-22(20)24(30)35-34-23/h1-14H,(H3,30,34,35)(H2,32,33,36). The van der Waals surface area contributed by atoms with Gasteiger partial charge in [0.15, 0.2) is 5.82 Å². The van der Waals surface area contributed by atoms with Crippen molar-refractivity contribution in [1.29, 1.82) is 0 Å². The summed E-state index contributed by atoms with van der Waals surface area (Å²) in [6.07, 6.45) is -1.04. The normalized spacial score (nSPS) is 11.4. The van der Waals surface area contributed by atoms with Gasteiger partial charge in [-0.1, -0.05) is 36.4 Å². The summed E-state index contributed by atoms with van der Waals surface area (Å²) in [7, 11) is 0. The first-order valence-corrected chi connectivity index (χ1v) is 10.8. The summed E-state index contributed by atoms with van der Waals surface area (Å²) >= 11 is 0. The minimum atomic E-state index is -4.50. The molecule has 5 rings (SSSR count). The van der Waals surface area contributed by atoms with Gasteiger partial charge in [-0.15, -0.1) is 0 Å². The highest BCUT2D eigenvalue weighted by molar-refractivity contribution is 6.08. The Morgan fingerprint density at radius 2 is 1.61 bits per heavy atom. The van der Waals surface area contributed by atoms with Gasteiger partial charge in [0, 0.05) is 34.9 Å². The van der Waals surface area contributed by atoms with Crippen molar-refractivity contribution in [3.05, 3.63) is 90.8 Å². The molecule has 2 amide bonds. The van der Waals surface area contributed by atoms with E-state index in [1.165, 1.54) is 12.1 Å². The molecule has 0 aliphatic carbocycles. The average molecular weight is 488 g/mol. The number of carbonyl (C=O) groups excluding carboxylic acids is 1. The van der Waals surface area contributed by atoms with E-state index in [9.17, 15) is 18.0 Å². The lowest BCUT2D eigenvalue weighted by molar-refractivity contribution is -0.137. The van der Waals surface area contributed by atoms with E-state index >= 15 is 0 Å². The summed E-state index contributed by atoms with van der Waals surface area (Å²) in [6, 6.07) is 18.5. The second kappa shape index (κ2) is 9.06. The number of aromatic nitrogens is 3. The predicted molar refractivity (Wildman–Crippen MR) is 133 cm³/mol. The number of nitrogens with one attached hydrogen (secondary N) is 3. The van der Waals surface area contributed by atoms with Crippen LogP contribution >= 0.6 is 0 Å². The van der Waals surface area contributed by atoms with Crippen LogP contribution in [0.3, 0.4) is 0 Å². The zero-order valence-corrected chi connectivity index (χ0v) is 18.6. The third-order valence-electron chi connectivity index (χ3n) is 5.62. The molecule has 0 spiro atoms. The number of urea groups is 1. The number of benzene rings is 3. The van der Waals surface area contributed by atoms with Crippen molar-refractivity contribution in [3.63, 3.8) is 0 Å². The summed E-state index contributed by atoms with van der Waals surface area (Å²) in [5.74, 6) is 0.355. The highest BCUT2D eigenvalue weighted by atomic mass is 19.4. The van der Waals surface area contributed by atoms with Gasteiger partial charge >= 0.3 is 12.2 Å². The molecule has 0 saturated carbocycles. The number of carbonyl (C=O) groups is 1. The van der Waals surface area contributed by atoms with Gasteiger partial charge in [0.25, 0.3) is 0 Å². The monoisotopic (exact) mass is 488 g/mol. The number of anilines is 3. The number of rotatable bonds is 4. The highest BCUT2D eigenvalue weighted by Gasteiger charge is 2.30. The van der Waals surface area contributed by atoms with Crippen LogP contribution in [0.2, 0.25) is 0 Å². The maximum absolute atomic E-state index is 12.9. The molecule has 0 saturated heterocycles. The molecule has 2 aromatic heterocycles. The number of nitrogens with zero attached hydrogens (tertiary/aromatic N) is 2. The zero-order valence-electron chi connectivity index (χ0n) is 18.6. The van der Waals surface area contributed by atoms with Crippen LogP contribution in [-0.4, -0.2) is 21.2 Å². The molecule has 3 aromatic carbocycles. The Labute approximate surface area is 203 Å². The Morgan fingerprint density at radius 1 is 0.861 bits per heavy atom. The number of aromatic amines is 1. The van der Waals surface area contributed by atoms with Gasteiger partial charge in [-0.3, -0.25) is 10.1 Å². The molecule has 0 atom stereocenters. The van der Waals surface area contributed by atoms with Crippen molar-refractivity contribution in [1.82, 2.24) is 15.2 Å². The zero-order chi connectivity index (χ0) is 25.3. The molecule has 0 unspecified atom stereocenters. The molecule has 180 valence electrons. The number of pyridine rings is 1. The van der Waals surface area contributed by atoms with Gasteiger partial charge in [-0.2, -0.15) is 18.3 Å². The smallest absolute Gasteiger partial charge is 0.382 e. The van der Waals surface area contributed by atoms with E-state index in [1.54, 1.807) is 24.5 Å². The first-order valence-electron chi connectivity index (χ1n) is 10.8. The molecule has 7 nitrogen and oxygen atoms in total. The Balaban J connectivity index is 1.36. The quantitative estimate of drug-likeness (QED) is 0.230. The molecule has 0 bridgehead atoms. The predicted octanol–water partition coefficient (Wildman–Crippen LogP) is 6.54. The Bertz CT molecular complexity index is 1550. The molecule has 0 fully saturated rings. The largest absolute Gasteiger partial charge is 0.416 e. The molecule has 10 heteroatoms. The summed E-state index contributed by atoms with van der Waals surface area (Å²) in [6.45, 7) is 0. The first-order chi connectivity index (χ1) is 17.3. The SMILES string of the molecule is Nc1n[nH]c2c(-c3cccnc3)ccc(-c3ccc(NC(=O)Nc4cccc(C(F)(F)F)c4)cc3)c12. The number of hydrogen-bond donors (Lipinski definition) is 4. The van der Waals surface area contributed by atoms with Crippen LogP contribution in [0.4, 0.5) is 35.2 Å². The van der Waals surface area contributed by atoms with Crippen LogP contribution < -0.4 is 16.4 Å². The fourth-order valence-corrected chi connectivity index (χ4v) is 3.96. The van der Waals surface area contributed by atoms with E-state index in [2.05, 4.69) is 25.8 Å². The molecule has 2 heterocycles. The van der Waals surface area contributed by atoms with Crippen LogP contribution in [0.5, 0.6) is 0 Å². The molecule has 5 N–H and O–H groups in total. The van der Waals surface area contributed by atoms with E-state index in [4.69, 9.17) is 5.73 Å². The summed E-state index contributed by atoms with van der Waals surface area (Å²) in [5, 5.41) is 13.0. The van der Waals surface area contributed by atoms with Gasteiger partial charge < -0.3 is 16.4 Å². The lowest BCUT2D eigenvalue weighted by atomic mass is 9.96. The Hall–Kier alpha value is -4.86. The van der Waals surface area contributed by atoms with Crippen molar-refractivity contribution in [2.75, 3.05) is 16.4 Å². The van der Waals surface area contributed by atoms with Gasteiger partial charge in [0.2, 0.25) is 0 Å². The van der Waals surface area contributed by atoms with Crippen LogP contribution in [0, 0.1) is 0 Å². The van der Waals surface area contributed by atoms with E-state index in [1.807, 2.05) is 36.4 Å². The fourth-order valence-electron chi connectivity index (χ4n) is 3.96. The van der Waals surface area contributed by atoms with Gasteiger partial charge in [-0.05, 0) is 47.5 Å². The first kappa shape index (κ1) is 22.9. The molecule has 5 aromatic rings. The van der Waals surface area contributed by atoms with Crippen molar-refractivity contribution in [3.8, 4) is 22.3 Å². The topological polar surface area (TPSA) is 109 Å². The number of halogens is 3. The fraction of sp³-hybridized carbons (Fsp3) is 0.0385. The average Bonchev–Trinajstić information content (AvgIpc) is 3.26. The van der Waals surface area contributed by atoms with Gasteiger partial charge in [0.1, 0.15) is 0 Å². The number of fused-ring (bicyclic) bond motifs is 1. The van der Waals surface area contributed by atoms with Crippen molar-refractivity contribution in [2.24, 2.45) is 0 Å². The number of nitrogen functional groups attached to an aromatic ring is 1. The van der Waals surface area contributed by atoms with Crippen molar-refractivity contribution in [2.45, 2.75) is 6.18 Å². The summed E-state index contributed by atoms with van der Waals surface area (Å²) in [4.78, 5) is 16.5. The lowest BCUT2D eigenvalue weighted by Gasteiger charge is -2.12. The molecule has 0 radical (unpaired) electrons. The second-order valence-corrected chi connectivity index (χ2v) is 8.00. The lowest BCUT2D eigenvalue weighted by Crippen LogP contribution is -2.19. The number of hydrogen-bond acceptors (Lipinski definition) is 4. The van der Waals surface area contributed by atoms with E-state index in [0.29, 0.717) is 11.5 Å². The van der Waals surface area contributed by atoms with Crippen LogP contribution in [-0.2, 0) is 6.18 Å². The highest BCUT2D eigenvalue weighted by Crippen LogP contribution is 2.37. The van der Waals surface area contributed by atoms with Crippen LogP contribution in [0.15, 0.2) is 85.2 Å². The minimum Gasteiger partial charge on any atom is -0.382 e. The van der Waals surface area contributed by atoms with E-state index in [0.717, 1.165) is 45.3 Å².